The predicted molar refractivity (Wildman–Crippen MR) is 117 cm³/mol. The first kappa shape index (κ1) is 23.4. The average Bonchev–Trinajstić information content (AvgIpc) is 3.26. The Morgan fingerprint density at radius 2 is 2.00 bits per heavy atom. The molecule has 0 aromatic heterocycles. The number of carbonyl (C=O) groups excluding carboxylic acids is 2. The van der Waals surface area contributed by atoms with Gasteiger partial charge in [0.05, 0.1) is 0 Å². The van der Waals surface area contributed by atoms with E-state index in [1.165, 1.54) is 11.3 Å². The summed E-state index contributed by atoms with van der Waals surface area (Å²) in [6.07, 6.45) is 2.46. The molecule has 2 saturated heterocycles. The van der Waals surface area contributed by atoms with E-state index in [9.17, 15) is 9.59 Å². The quantitative estimate of drug-likeness (QED) is 0.249. The van der Waals surface area contributed by atoms with Gasteiger partial charge >= 0.3 is 6.03 Å². The van der Waals surface area contributed by atoms with Gasteiger partial charge < -0.3 is 20.4 Å². The summed E-state index contributed by atoms with van der Waals surface area (Å²) >= 11 is 0. The molecule has 2 aliphatic rings. The normalized spacial score (nSPS) is 25.3. The number of amides is 3. The van der Waals surface area contributed by atoms with Crippen LogP contribution in [0, 0.1) is 5.92 Å². The first-order valence-corrected chi connectivity index (χ1v) is 11.3. The van der Waals surface area contributed by atoms with Crippen molar-refractivity contribution in [2.45, 2.75) is 59.4 Å². The third-order valence-electron chi connectivity index (χ3n) is 6.18. The maximum absolute atomic E-state index is 12.5. The highest BCUT2D eigenvalue weighted by molar-refractivity contribution is 6.06. The van der Waals surface area contributed by atoms with E-state index in [4.69, 9.17) is 4.99 Å². The molecule has 8 nitrogen and oxygen atoms in total. The fourth-order valence-corrected chi connectivity index (χ4v) is 4.05. The van der Waals surface area contributed by atoms with Gasteiger partial charge in [0.25, 0.3) is 5.91 Å². The minimum atomic E-state index is -0.759. The molecule has 8 heteroatoms. The second-order valence-electron chi connectivity index (χ2n) is 8.25. The Kier molecular flexibility index (Phi) is 8.74. The second kappa shape index (κ2) is 10.8. The van der Waals surface area contributed by atoms with E-state index >= 15 is 0 Å². The summed E-state index contributed by atoms with van der Waals surface area (Å²) in [5, 5.41) is 6.20. The molecule has 2 fully saturated rings. The lowest BCUT2D eigenvalue weighted by molar-refractivity contribution is -0.130. The van der Waals surface area contributed by atoms with Crippen molar-refractivity contribution in [3.63, 3.8) is 0 Å². The average molecular weight is 409 g/mol. The van der Waals surface area contributed by atoms with Crippen LogP contribution in [0.5, 0.6) is 0 Å². The van der Waals surface area contributed by atoms with E-state index in [2.05, 4.69) is 41.2 Å². The van der Waals surface area contributed by atoms with E-state index in [0.717, 1.165) is 45.2 Å². The molecule has 0 aromatic rings. The van der Waals surface area contributed by atoms with Gasteiger partial charge in [0.1, 0.15) is 5.54 Å². The molecule has 0 aliphatic carbocycles. The molecule has 0 bridgehead atoms. The lowest BCUT2D eigenvalue weighted by Crippen LogP contribution is -2.43. The molecule has 0 radical (unpaired) electrons. The summed E-state index contributed by atoms with van der Waals surface area (Å²) in [6.45, 7) is 17.5. The van der Waals surface area contributed by atoms with Crippen molar-refractivity contribution in [1.29, 1.82) is 0 Å². The van der Waals surface area contributed by atoms with Crippen molar-refractivity contribution < 1.29 is 9.59 Å². The van der Waals surface area contributed by atoms with Gasteiger partial charge in [0.15, 0.2) is 5.96 Å². The summed E-state index contributed by atoms with van der Waals surface area (Å²) in [6, 6.07) is -0.283. The molecule has 2 rings (SSSR count). The van der Waals surface area contributed by atoms with E-state index < -0.39 is 5.54 Å². The Hall–Kier alpha value is -1.83. The van der Waals surface area contributed by atoms with Gasteiger partial charge in [0, 0.05) is 39.3 Å². The largest absolute Gasteiger partial charge is 0.357 e. The summed E-state index contributed by atoms with van der Waals surface area (Å²) in [7, 11) is 0. The number of urea groups is 1. The Morgan fingerprint density at radius 3 is 2.59 bits per heavy atom. The van der Waals surface area contributed by atoms with Crippen LogP contribution in [0.1, 0.15) is 53.9 Å². The number of rotatable bonds is 10. The molecular formula is C21H40N6O2. The van der Waals surface area contributed by atoms with Crippen LogP contribution in [0.4, 0.5) is 4.79 Å². The number of imide groups is 1. The van der Waals surface area contributed by atoms with Crippen molar-refractivity contribution in [2.75, 3.05) is 52.4 Å². The molecule has 166 valence electrons. The molecule has 0 aromatic carbocycles. The fourth-order valence-electron chi connectivity index (χ4n) is 4.05. The topological polar surface area (TPSA) is 80.3 Å². The first-order valence-electron chi connectivity index (χ1n) is 11.3. The maximum atomic E-state index is 12.5. The van der Waals surface area contributed by atoms with Crippen LogP contribution < -0.4 is 10.6 Å². The van der Waals surface area contributed by atoms with Crippen LogP contribution in [0.15, 0.2) is 4.99 Å². The molecule has 2 heterocycles. The molecular weight excluding hydrogens is 368 g/mol. The smallest absolute Gasteiger partial charge is 0.325 e. The number of nitrogens with one attached hydrogen (secondary N) is 2. The number of likely N-dealkylation sites (tertiary alicyclic amines) is 1. The van der Waals surface area contributed by atoms with Crippen LogP contribution in [-0.2, 0) is 4.79 Å². The second-order valence-corrected chi connectivity index (χ2v) is 8.25. The minimum Gasteiger partial charge on any atom is -0.357 e. The predicted octanol–water partition coefficient (Wildman–Crippen LogP) is 1.73. The fraction of sp³-hybridized carbons (Fsp3) is 0.857. The standard InChI is InChI=1S/C21H40N6O2/c1-6-21(5)18(28)27(20(29)24-21)13-10-12-23-19(22-7-2)26-14-11-17(16-26)15-25(8-3)9-4/h17H,6-16H2,1-5H3,(H,22,23)(H,24,29). The van der Waals surface area contributed by atoms with Crippen molar-refractivity contribution >= 4 is 17.9 Å². The Labute approximate surface area is 176 Å². The number of aliphatic imine (C=N–C) groups is 1. The Balaban J connectivity index is 1.85. The summed E-state index contributed by atoms with van der Waals surface area (Å²) in [5.41, 5.74) is -0.759. The number of guanidine groups is 1. The minimum absolute atomic E-state index is 0.125. The van der Waals surface area contributed by atoms with Crippen molar-refractivity contribution in [3.8, 4) is 0 Å². The Morgan fingerprint density at radius 1 is 1.28 bits per heavy atom. The van der Waals surface area contributed by atoms with Crippen LogP contribution in [0.3, 0.4) is 0 Å². The number of hydrogen-bond acceptors (Lipinski definition) is 4. The van der Waals surface area contributed by atoms with E-state index in [1.807, 2.05) is 6.92 Å². The number of nitrogens with zero attached hydrogens (tertiary/aromatic N) is 4. The van der Waals surface area contributed by atoms with E-state index in [1.54, 1.807) is 6.92 Å². The highest BCUT2D eigenvalue weighted by Crippen LogP contribution is 2.21. The number of hydrogen-bond donors (Lipinski definition) is 2. The van der Waals surface area contributed by atoms with E-state index in [-0.39, 0.29) is 11.9 Å². The van der Waals surface area contributed by atoms with E-state index in [0.29, 0.717) is 31.8 Å². The van der Waals surface area contributed by atoms with Crippen molar-refractivity contribution in [1.82, 2.24) is 25.3 Å². The third-order valence-corrected chi connectivity index (χ3v) is 6.18. The van der Waals surface area contributed by atoms with Crippen molar-refractivity contribution in [3.05, 3.63) is 0 Å². The van der Waals surface area contributed by atoms with Gasteiger partial charge in [-0.1, -0.05) is 20.8 Å². The van der Waals surface area contributed by atoms with Gasteiger partial charge in [-0.05, 0) is 52.1 Å². The molecule has 0 saturated carbocycles. The number of carbonyl (C=O) groups is 2. The van der Waals surface area contributed by atoms with Crippen LogP contribution in [0.25, 0.3) is 0 Å². The van der Waals surface area contributed by atoms with Crippen LogP contribution in [0.2, 0.25) is 0 Å². The zero-order valence-electron chi connectivity index (χ0n) is 19.0. The zero-order valence-corrected chi connectivity index (χ0v) is 19.0. The third kappa shape index (κ3) is 5.84. The first-order chi connectivity index (χ1) is 13.9. The van der Waals surface area contributed by atoms with Crippen molar-refractivity contribution in [2.24, 2.45) is 10.9 Å². The molecule has 2 unspecified atom stereocenters. The molecule has 2 atom stereocenters. The molecule has 0 spiro atoms. The Bertz CT molecular complexity index is 592. The van der Waals surface area contributed by atoms with Gasteiger partial charge in [-0.3, -0.25) is 14.7 Å². The van der Waals surface area contributed by atoms with Crippen LogP contribution in [-0.4, -0.2) is 90.5 Å². The molecule has 29 heavy (non-hydrogen) atoms. The van der Waals surface area contributed by atoms with Gasteiger partial charge in [0.2, 0.25) is 0 Å². The highest BCUT2D eigenvalue weighted by Gasteiger charge is 2.45. The monoisotopic (exact) mass is 408 g/mol. The summed E-state index contributed by atoms with van der Waals surface area (Å²) in [5.74, 6) is 1.50. The lowest BCUT2D eigenvalue weighted by Gasteiger charge is -2.24. The summed E-state index contributed by atoms with van der Waals surface area (Å²) < 4.78 is 0. The molecule has 2 N–H and O–H groups in total. The summed E-state index contributed by atoms with van der Waals surface area (Å²) in [4.78, 5) is 35.5. The van der Waals surface area contributed by atoms with Gasteiger partial charge in [-0.2, -0.15) is 0 Å². The SMILES string of the molecule is CCNC(=NCCCN1C(=O)NC(C)(CC)C1=O)N1CCC(CN(CC)CC)C1. The molecule has 2 aliphatic heterocycles. The lowest BCUT2D eigenvalue weighted by atomic mass is 9.99. The molecule has 3 amide bonds. The maximum Gasteiger partial charge on any atom is 0.325 e. The highest BCUT2D eigenvalue weighted by atomic mass is 16.2. The zero-order chi connectivity index (χ0) is 21.4. The van der Waals surface area contributed by atoms with Gasteiger partial charge in [-0.25, -0.2) is 4.79 Å². The van der Waals surface area contributed by atoms with Gasteiger partial charge in [-0.15, -0.1) is 0 Å². The van der Waals surface area contributed by atoms with Crippen LogP contribution >= 0.6 is 0 Å².